The Morgan fingerprint density at radius 1 is 0.833 bits per heavy atom. The minimum Gasteiger partial charge on any atom is -0.378 e. The number of morpholine rings is 1. The fourth-order valence-corrected chi connectivity index (χ4v) is 4.93. The summed E-state index contributed by atoms with van der Waals surface area (Å²) in [7, 11) is 0. The average Bonchev–Trinajstić information content (AvgIpc) is 2.83. The van der Waals surface area contributed by atoms with E-state index in [0.29, 0.717) is 13.2 Å². The van der Waals surface area contributed by atoms with Crippen molar-refractivity contribution in [1.82, 2.24) is 0 Å². The van der Waals surface area contributed by atoms with Crippen molar-refractivity contribution in [3.63, 3.8) is 0 Å². The van der Waals surface area contributed by atoms with Crippen molar-refractivity contribution >= 4 is 28.9 Å². The van der Waals surface area contributed by atoms with E-state index in [9.17, 15) is 4.79 Å². The highest BCUT2D eigenvalue weighted by Gasteiger charge is 2.62. The molecule has 3 aromatic carbocycles. The van der Waals surface area contributed by atoms with E-state index in [1.54, 1.807) is 0 Å². The fourth-order valence-electron chi connectivity index (χ4n) is 4.50. The van der Waals surface area contributed by atoms with Gasteiger partial charge in [0.05, 0.1) is 19.3 Å². The van der Waals surface area contributed by atoms with Gasteiger partial charge in [0, 0.05) is 30.0 Å². The zero-order chi connectivity index (χ0) is 20.6. The van der Waals surface area contributed by atoms with Gasteiger partial charge in [0.15, 0.2) is 4.87 Å². The number of halogens is 1. The van der Waals surface area contributed by atoms with Crippen LogP contribution in [0.5, 0.6) is 0 Å². The second-order valence-electron chi connectivity index (χ2n) is 7.65. The topological polar surface area (TPSA) is 32.8 Å². The minimum atomic E-state index is -1.14. The molecule has 2 aliphatic rings. The molecule has 2 saturated heterocycles. The number of ether oxygens (including phenoxy) is 1. The van der Waals surface area contributed by atoms with Crippen LogP contribution in [0.4, 0.5) is 11.4 Å². The normalized spacial score (nSPS) is 23.9. The molecule has 2 atom stereocenters. The number of benzene rings is 3. The van der Waals surface area contributed by atoms with Gasteiger partial charge >= 0.3 is 0 Å². The third-order valence-electron chi connectivity index (χ3n) is 5.98. The molecule has 5 rings (SSSR count). The molecule has 30 heavy (non-hydrogen) atoms. The highest BCUT2D eigenvalue weighted by Crippen LogP contribution is 2.57. The highest BCUT2D eigenvalue weighted by molar-refractivity contribution is 6.41. The standard InChI is InChI=1S/C25H23ClN2O2/c26-25(19-9-3-1-4-10-19)23(28(24(25)29)20-11-5-2-6-12-20)21-13-7-8-14-22(21)27-15-17-30-18-16-27/h1-14,23H,15-18H2. The molecule has 152 valence electrons. The Balaban J connectivity index is 1.65. The number of amides is 1. The molecule has 1 amide bonds. The first-order valence-electron chi connectivity index (χ1n) is 10.3. The van der Waals surface area contributed by atoms with E-state index in [0.717, 1.165) is 35.6 Å². The van der Waals surface area contributed by atoms with Crippen LogP contribution in [0.15, 0.2) is 84.9 Å². The lowest BCUT2D eigenvalue weighted by Gasteiger charge is -2.53. The number of carbonyl (C=O) groups is 1. The SMILES string of the molecule is O=C1N(c2ccccc2)C(c2ccccc2N2CCOCC2)C1(Cl)c1ccccc1. The predicted molar refractivity (Wildman–Crippen MR) is 120 cm³/mol. The number of hydrogen-bond acceptors (Lipinski definition) is 3. The maximum absolute atomic E-state index is 13.5. The van der Waals surface area contributed by atoms with Crippen molar-refractivity contribution < 1.29 is 9.53 Å². The molecule has 0 spiro atoms. The van der Waals surface area contributed by atoms with Crippen molar-refractivity contribution in [3.8, 4) is 0 Å². The number of para-hydroxylation sites is 2. The van der Waals surface area contributed by atoms with Crippen LogP contribution in [0.3, 0.4) is 0 Å². The first-order valence-corrected chi connectivity index (χ1v) is 10.6. The highest BCUT2D eigenvalue weighted by atomic mass is 35.5. The summed E-state index contributed by atoms with van der Waals surface area (Å²) in [5, 5.41) is 0. The number of nitrogens with zero attached hydrogens (tertiary/aromatic N) is 2. The van der Waals surface area contributed by atoms with Crippen LogP contribution in [-0.2, 0) is 14.4 Å². The minimum absolute atomic E-state index is 0.0941. The fraction of sp³-hybridized carbons (Fsp3) is 0.240. The Bertz CT molecular complexity index is 1040. The molecule has 2 heterocycles. The Kier molecular flexibility index (Phi) is 4.97. The Labute approximate surface area is 181 Å². The summed E-state index contributed by atoms with van der Waals surface area (Å²) in [4.78, 5) is 16.5. The number of anilines is 2. The molecule has 0 aliphatic carbocycles. The van der Waals surface area contributed by atoms with E-state index in [4.69, 9.17) is 16.3 Å². The quantitative estimate of drug-likeness (QED) is 0.453. The number of β-lactam (4-membered cyclic amide) rings is 1. The molecule has 2 aliphatic heterocycles. The van der Waals surface area contributed by atoms with Gasteiger partial charge in [-0.1, -0.05) is 66.7 Å². The van der Waals surface area contributed by atoms with Gasteiger partial charge in [-0.15, -0.1) is 11.6 Å². The first kappa shape index (κ1) is 19.2. The lowest BCUT2D eigenvalue weighted by Crippen LogP contribution is -2.64. The summed E-state index contributed by atoms with van der Waals surface area (Å²) < 4.78 is 5.55. The van der Waals surface area contributed by atoms with Gasteiger partial charge in [0.2, 0.25) is 0 Å². The molecule has 2 unspecified atom stereocenters. The molecule has 5 heteroatoms. The van der Waals surface area contributed by atoms with Crippen molar-refractivity contribution in [2.45, 2.75) is 10.9 Å². The molecule has 0 aromatic heterocycles. The number of rotatable bonds is 4. The van der Waals surface area contributed by atoms with Crippen LogP contribution in [0.1, 0.15) is 17.2 Å². The second-order valence-corrected chi connectivity index (χ2v) is 8.25. The van der Waals surface area contributed by atoms with Gasteiger partial charge in [-0.05, 0) is 23.8 Å². The summed E-state index contributed by atoms with van der Waals surface area (Å²) >= 11 is 7.20. The summed E-state index contributed by atoms with van der Waals surface area (Å²) in [6.07, 6.45) is 0. The number of alkyl halides is 1. The van der Waals surface area contributed by atoms with Crippen LogP contribution in [0.2, 0.25) is 0 Å². The number of hydrogen-bond donors (Lipinski definition) is 0. The van der Waals surface area contributed by atoms with Crippen LogP contribution in [0.25, 0.3) is 0 Å². The van der Waals surface area contributed by atoms with Crippen molar-refractivity contribution in [2.24, 2.45) is 0 Å². The Morgan fingerprint density at radius 2 is 1.43 bits per heavy atom. The summed E-state index contributed by atoms with van der Waals surface area (Å²) in [5.41, 5.74) is 3.85. The third kappa shape index (κ3) is 2.99. The third-order valence-corrected chi connectivity index (χ3v) is 6.56. The molecule has 0 saturated carbocycles. The molecular formula is C25H23ClN2O2. The molecule has 0 N–H and O–H groups in total. The average molecular weight is 419 g/mol. The maximum Gasteiger partial charge on any atom is 0.255 e. The van der Waals surface area contributed by atoms with E-state index in [1.807, 2.05) is 77.7 Å². The van der Waals surface area contributed by atoms with E-state index in [1.165, 1.54) is 0 Å². The lowest BCUT2D eigenvalue weighted by atomic mass is 9.75. The van der Waals surface area contributed by atoms with E-state index < -0.39 is 4.87 Å². The first-order chi connectivity index (χ1) is 14.7. The van der Waals surface area contributed by atoms with Gasteiger partial charge in [-0.25, -0.2) is 0 Å². The Morgan fingerprint density at radius 3 is 2.13 bits per heavy atom. The maximum atomic E-state index is 13.5. The van der Waals surface area contributed by atoms with Gasteiger partial charge in [-0.3, -0.25) is 4.79 Å². The molecular weight excluding hydrogens is 396 g/mol. The van der Waals surface area contributed by atoms with Gasteiger partial charge in [0.1, 0.15) is 0 Å². The molecule has 2 fully saturated rings. The van der Waals surface area contributed by atoms with Crippen molar-refractivity contribution in [1.29, 1.82) is 0 Å². The lowest BCUT2D eigenvalue weighted by molar-refractivity contribution is -0.128. The number of carbonyl (C=O) groups excluding carboxylic acids is 1. The van der Waals surface area contributed by atoms with Gasteiger partial charge < -0.3 is 14.5 Å². The zero-order valence-electron chi connectivity index (χ0n) is 16.6. The second kappa shape index (κ2) is 7.78. The molecule has 0 radical (unpaired) electrons. The van der Waals surface area contributed by atoms with Gasteiger partial charge in [0.25, 0.3) is 5.91 Å². The van der Waals surface area contributed by atoms with Crippen LogP contribution >= 0.6 is 11.6 Å². The van der Waals surface area contributed by atoms with E-state index in [2.05, 4.69) is 17.0 Å². The van der Waals surface area contributed by atoms with Crippen LogP contribution in [-0.4, -0.2) is 32.2 Å². The van der Waals surface area contributed by atoms with Crippen LogP contribution in [0, 0.1) is 0 Å². The van der Waals surface area contributed by atoms with Crippen molar-refractivity contribution in [3.05, 3.63) is 96.1 Å². The zero-order valence-corrected chi connectivity index (χ0v) is 17.3. The van der Waals surface area contributed by atoms with Crippen molar-refractivity contribution in [2.75, 3.05) is 36.1 Å². The monoisotopic (exact) mass is 418 g/mol. The largest absolute Gasteiger partial charge is 0.378 e. The molecule has 3 aromatic rings. The summed E-state index contributed by atoms with van der Waals surface area (Å²) in [6, 6.07) is 27.4. The summed E-state index contributed by atoms with van der Waals surface area (Å²) in [6.45, 7) is 3.04. The molecule has 4 nitrogen and oxygen atoms in total. The van der Waals surface area contributed by atoms with Gasteiger partial charge in [-0.2, -0.15) is 0 Å². The Hall–Kier alpha value is -2.82. The smallest absolute Gasteiger partial charge is 0.255 e. The molecule has 0 bridgehead atoms. The van der Waals surface area contributed by atoms with E-state index >= 15 is 0 Å². The predicted octanol–water partition coefficient (Wildman–Crippen LogP) is 4.75. The summed E-state index contributed by atoms with van der Waals surface area (Å²) in [5.74, 6) is -0.0941. The van der Waals surface area contributed by atoms with Crippen LogP contribution < -0.4 is 9.80 Å². The van der Waals surface area contributed by atoms with E-state index in [-0.39, 0.29) is 11.9 Å².